The molecule has 0 bridgehead atoms. The van der Waals surface area contributed by atoms with E-state index >= 15 is 0 Å². The van der Waals surface area contributed by atoms with Gasteiger partial charge in [-0.3, -0.25) is 9.59 Å². The smallest absolute Gasteiger partial charge is 0.326 e. The van der Waals surface area contributed by atoms with Crippen molar-refractivity contribution in [3.63, 3.8) is 0 Å². The summed E-state index contributed by atoms with van der Waals surface area (Å²) in [7, 11) is 0. The summed E-state index contributed by atoms with van der Waals surface area (Å²) >= 11 is 0. The van der Waals surface area contributed by atoms with Crippen molar-refractivity contribution in [2.45, 2.75) is 25.8 Å². The van der Waals surface area contributed by atoms with E-state index in [1.54, 1.807) is 0 Å². The summed E-state index contributed by atoms with van der Waals surface area (Å²) in [5, 5.41) is 10.8. The number of carbonyl (C=O) groups excluding carboxylic acids is 2. The van der Waals surface area contributed by atoms with E-state index in [-0.39, 0.29) is 30.2 Å². The molecule has 0 aromatic rings. The number of carboxylic acid groups (broad SMARTS) is 1. The van der Waals surface area contributed by atoms with Gasteiger partial charge < -0.3 is 16.2 Å². The summed E-state index contributed by atoms with van der Waals surface area (Å²) in [6, 6.07) is -1.04. The standard InChI is InChI=1S/C7H12N2O4.Al/c1-4(10)9-5(7(12)13)2-3-6(8)11;/h5H,2-3H2,1H3,(H2,8,11)(H,9,10)(H,12,13);/t5-;/m0./s1. The van der Waals surface area contributed by atoms with E-state index in [9.17, 15) is 14.4 Å². The Kier molecular flexibility index (Phi) is 8.10. The number of carbonyl (C=O) groups is 3. The minimum Gasteiger partial charge on any atom is -0.480 e. The molecule has 7 heteroatoms. The molecule has 0 saturated carbocycles. The maximum absolute atomic E-state index is 10.5. The van der Waals surface area contributed by atoms with Crippen LogP contribution in [0.3, 0.4) is 0 Å². The van der Waals surface area contributed by atoms with E-state index in [2.05, 4.69) is 5.32 Å². The molecule has 0 heterocycles. The number of nitrogens with two attached hydrogens (primary N) is 1. The molecule has 0 aliphatic carbocycles. The summed E-state index contributed by atoms with van der Waals surface area (Å²) < 4.78 is 0. The maximum atomic E-state index is 10.5. The van der Waals surface area contributed by atoms with Crippen molar-refractivity contribution >= 4 is 35.1 Å². The summed E-state index contributed by atoms with van der Waals surface area (Å²) in [5.41, 5.74) is 4.83. The Morgan fingerprint density at radius 2 is 1.93 bits per heavy atom. The van der Waals surface area contributed by atoms with Crippen LogP contribution >= 0.6 is 0 Å². The lowest BCUT2D eigenvalue weighted by molar-refractivity contribution is -0.141. The number of hydrogen-bond donors (Lipinski definition) is 3. The first-order valence-corrected chi connectivity index (χ1v) is 3.71. The average molecular weight is 215 g/mol. The van der Waals surface area contributed by atoms with E-state index < -0.39 is 23.8 Å². The number of carboxylic acids is 1. The first-order chi connectivity index (χ1) is 5.93. The zero-order valence-corrected chi connectivity index (χ0v) is 8.97. The predicted octanol–water partition coefficient (Wildman–Crippen LogP) is -1.54. The minimum absolute atomic E-state index is 0. The Morgan fingerprint density at radius 1 is 1.43 bits per heavy atom. The zero-order chi connectivity index (χ0) is 10.4. The lowest BCUT2D eigenvalue weighted by atomic mass is 10.1. The van der Waals surface area contributed by atoms with Crippen LogP contribution in [0.5, 0.6) is 0 Å². The van der Waals surface area contributed by atoms with Crippen LogP contribution in [0, 0.1) is 0 Å². The van der Waals surface area contributed by atoms with Gasteiger partial charge in [0, 0.05) is 30.7 Å². The number of nitrogens with one attached hydrogen (secondary N) is 1. The second-order valence-corrected chi connectivity index (χ2v) is 2.60. The highest BCUT2D eigenvalue weighted by molar-refractivity contribution is 5.83. The van der Waals surface area contributed by atoms with Gasteiger partial charge in [-0.1, -0.05) is 0 Å². The van der Waals surface area contributed by atoms with Gasteiger partial charge in [-0.05, 0) is 6.42 Å². The monoisotopic (exact) mass is 215 g/mol. The van der Waals surface area contributed by atoms with E-state index in [0.717, 1.165) is 0 Å². The molecule has 14 heavy (non-hydrogen) atoms. The fraction of sp³-hybridized carbons (Fsp3) is 0.571. The second kappa shape index (κ2) is 7.36. The van der Waals surface area contributed by atoms with E-state index in [0.29, 0.717) is 0 Å². The third-order valence-electron chi connectivity index (χ3n) is 1.36. The predicted molar refractivity (Wildman–Crippen MR) is 49.4 cm³/mol. The van der Waals surface area contributed by atoms with Crippen molar-refractivity contribution in [3.8, 4) is 0 Å². The molecule has 6 nitrogen and oxygen atoms in total. The van der Waals surface area contributed by atoms with Gasteiger partial charge in [0.25, 0.3) is 0 Å². The van der Waals surface area contributed by atoms with Gasteiger partial charge in [0.05, 0.1) is 0 Å². The van der Waals surface area contributed by atoms with Gasteiger partial charge in [-0.25, -0.2) is 4.79 Å². The van der Waals surface area contributed by atoms with Crippen LogP contribution < -0.4 is 11.1 Å². The van der Waals surface area contributed by atoms with Crippen LogP contribution in [-0.2, 0) is 14.4 Å². The second-order valence-electron chi connectivity index (χ2n) is 2.60. The molecular formula is C7H12AlN2O4. The molecule has 0 saturated heterocycles. The molecule has 4 N–H and O–H groups in total. The van der Waals surface area contributed by atoms with Gasteiger partial charge in [-0.15, -0.1) is 0 Å². The van der Waals surface area contributed by atoms with Crippen molar-refractivity contribution in [1.29, 1.82) is 0 Å². The van der Waals surface area contributed by atoms with Crippen molar-refractivity contribution in [3.05, 3.63) is 0 Å². The normalized spacial score (nSPS) is 10.9. The Bertz CT molecular complexity index is 232. The molecule has 0 aliphatic heterocycles. The molecule has 0 fully saturated rings. The summed E-state index contributed by atoms with van der Waals surface area (Å²) in [6.45, 7) is 1.21. The van der Waals surface area contributed by atoms with Gasteiger partial charge in [0.2, 0.25) is 11.8 Å². The largest absolute Gasteiger partial charge is 0.480 e. The van der Waals surface area contributed by atoms with Crippen molar-refractivity contribution in [2.75, 3.05) is 0 Å². The van der Waals surface area contributed by atoms with Crippen LogP contribution in [0.2, 0.25) is 0 Å². The lowest BCUT2D eigenvalue weighted by Gasteiger charge is -2.11. The minimum atomic E-state index is -1.17. The van der Waals surface area contributed by atoms with E-state index in [4.69, 9.17) is 10.8 Å². The van der Waals surface area contributed by atoms with Crippen molar-refractivity contribution in [2.24, 2.45) is 5.73 Å². The lowest BCUT2D eigenvalue weighted by Crippen LogP contribution is -2.40. The average Bonchev–Trinajstić information content (AvgIpc) is 1.96. The maximum Gasteiger partial charge on any atom is 0.326 e. The quantitative estimate of drug-likeness (QED) is 0.483. The molecule has 77 valence electrons. The first kappa shape index (κ1) is 15.4. The van der Waals surface area contributed by atoms with Crippen LogP contribution in [-0.4, -0.2) is 46.3 Å². The van der Waals surface area contributed by atoms with Gasteiger partial charge >= 0.3 is 5.97 Å². The fourth-order valence-electron chi connectivity index (χ4n) is 0.789. The Balaban J connectivity index is 0. The summed E-state index contributed by atoms with van der Waals surface area (Å²) in [5.74, 6) is -2.20. The highest BCUT2D eigenvalue weighted by Gasteiger charge is 2.18. The molecule has 0 aromatic carbocycles. The molecule has 0 aromatic heterocycles. The molecule has 1 atom stereocenters. The van der Waals surface area contributed by atoms with Gasteiger partial charge in [0.1, 0.15) is 6.04 Å². The van der Waals surface area contributed by atoms with Crippen LogP contribution in [0.25, 0.3) is 0 Å². The molecule has 2 amide bonds. The van der Waals surface area contributed by atoms with Gasteiger partial charge in [-0.2, -0.15) is 0 Å². The number of amides is 2. The van der Waals surface area contributed by atoms with E-state index in [1.807, 2.05) is 0 Å². The van der Waals surface area contributed by atoms with Crippen LogP contribution in [0.15, 0.2) is 0 Å². The highest BCUT2D eigenvalue weighted by atomic mass is 27.0. The molecule has 3 radical (unpaired) electrons. The number of rotatable bonds is 5. The van der Waals surface area contributed by atoms with Crippen molar-refractivity contribution in [1.82, 2.24) is 5.32 Å². The molecule has 0 spiro atoms. The third kappa shape index (κ3) is 7.58. The fourth-order valence-corrected chi connectivity index (χ4v) is 0.789. The number of aliphatic carboxylic acids is 1. The van der Waals surface area contributed by atoms with E-state index in [1.165, 1.54) is 6.92 Å². The number of primary amides is 1. The Labute approximate surface area is 92.0 Å². The summed E-state index contributed by atoms with van der Waals surface area (Å²) in [4.78, 5) is 31.3. The summed E-state index contributed by atoms with van der Waals surface area (Å²) in [6.07, 6.45) is -0.0402. The third-order valence-corrected chi connectivity index (χ3v) is 1.36. The topological polar surface area (TPSA) is 109 Å². The molecule has 0 unspecified atom stereocenters. The van der Waals surface area contributed by atoms with Crippen LogP contribution in [0.1, 0.15) is 19.8 Å². The Hall–Kier alpha value is -1.06. The van der Waals surface area contributed by atoms with Gasteiger partial charge in [0.15, 0.2) is 0 Å². The first-order valence-electron chi connectivity index (χ1n) is 3.71. The Morgan fingerprint density at radius 3 is 2.21 bits per heavy atom. The SMILES string of the molecule is CC(=O)N[C@@H](CCC(N)=O)C(=O)O.[Al]. The zero-order valence-electron chi connectivity index (χ0n) is 7.82. The van der Waals surface area contributed by atoms with Crippen LogP contribution in [0.4, 0.5) is 0 Å². The highest BCUT2D eigenvalue weighted by Crippen LogP contribution is 1.96. The van der Waals surface area contributed by atoms with Crippen molar-refractivity contribution < 1.29 is 19.5 Å². The molecule has 0 rings (SSSR count). The number of hydrogen-bond acceptors (Lipinski definition) is 3. The molecular weight excluding hydrogens is 203 g/mol. The molecule has 0 aliphatic rings.